The Morgan fingerprint density at radius 2 is 2.64 bits per heavy atom. The number of hydrogen-bond donors (Lipinski definition) is 0. The molecular weight excluding hydrogens is 142 g/mol. The van der Waals surface area contributed by atoms with Gasteiger partial charge in [0.25, 0.3) is 0 Å². The lowest BCUT2D eigenvalue weighted by Crippen LogP contribution is -1.98. The van der Waals surface area contributed by atoms with Gasteiger partial charge in [-0.25, -0.2) is 4.98 Å². The molecule has 1 aromatic heterocycles. The molecule has 4 nitrogen and oxygen atoms in total. The first-order valence-electron chi connectivity index (χ1n) is 3.39. The van der Waals surface area contributed by atoms with Gasteiger partial charge in [-0.05, 0) is 0 Å². The molecule has 1 aliphatic rings. The number of fused-ring (bicyclic) bond motifs is 1. The molecule has 0 fully saturated rings. The topological polar surface area (TPSA) is 50.8 Å². The van der Waals surface area contributed by atoms with Crippen LogP contribution in [0.4, 0.5) is 0 Å². The summed E-state index contributed by atoms with van der Waals surface area (Å²) < 4.78 is 6.97. The fourth-order valence-electron chi connectivity index (χ4n) is 1.19. The molecule has 2 heterocycles. The fourth-order valence-corrected chi connectivity index (χ4v) is 1.19. The van der Waals surface area contributed by atoms with Gasteiger partial charge in [0.05, 0.1) is 37.0 Å². The Labute approximate surface area is 64.0 Å². The predicted octanol–water partition coefficient (Wildman–Crippen LogP) is 0.437. The largest absolute Gasteiger partial charge is 0.369 e. The smallest absolute Gasteiger partial charge is 0.111 e. The van der Waals surface area contributed by atoms with E-state index in [-0.39, 0.29) is 0 Å². The molecule has 1 aliphatic heterocycles. The van der Waals surface area contributed by atoms with Crippen molar-refractivity contribution >= 4 is 0 Å². The minimum absolute atomic E-state index is 0.367. The number of nitrogens with zero attached hydrogens (tertiary/aromatic N) is 3. The van der Waals surface area contributed by atoms with Crippen LogP contribution < -0.4 is 0 Å². The van der Waals surface area contributed by atoms with Gasteiger partial charge in [0.1, 0.15) is 6.54 Å². The highest BCUT2D eigenvalue weighted by molar-refractivity contribution is 5.15. The Hall–Kier alpha value is -1.34. The Bertz CT molecular complexity index is 310. The highest BCUT2D eigenvalue weighted by Crippen LogP contribution is 2.17. The van der Waals surface area contributed by atoms with Gasteiger partial charge < -0.3 is 9.30 Å². The van der Waals surface area contributed by atoms with Crippen molar-refractivity contribution in [2.24, 2.45) is 0 Å². The molecule has 0 radical (unpaired) electrons. The lowest BCUT2D eigenvalue weighted by molar-refractivity contribution is 0.129. The quantitative estimate of drug-likeness (QED) is 0.582. The van der Waals surface area contributed by atoms with Gasteiger partial charge in [0, 0.05) is 0 Å². The molecule has 0 spiro atoms. The van der Waals surface area contributed by atoms with Gasteiger partial charge in [-0.15, -0.1) is 0 Å². The van der Waals surface area contributed by atoms with Crippen LogP contribution in [0, 0.1) is 11.3 Å². The Balaban J connectivity index is 2.36. The van der Waals surface area contributed by atoms with Crippen LogP contribution in [-0.4, -0.2) is 9.55 Å². The summed E-state index contributed by atoms with van der Waals surface area (Å²) >= 11 is 0. The molecule has 0 N–H and O–H groups in total. The van der Waals surface area contributed by atoms with E-state index in [1.165, 1.54) is 0 Å². The molecule has 0 atom stereocenters. The van der Waals surface area contributed by atoms with Crippen molar-refractivity contribution in [1.82, 2.24) is 9.55 Å². The maximum atomic E-state index is 8.43. The van der Waals surface area contributed by atoms with Gasteiger partial charge in [0.15, 0.2) is 0 Å². The van der Waals surface area contributed by atoms with E-state index >= 15 is 0 Å². The van der Waals surface area contributed by atoms with Crippen LogP contribution in [0.3, 0.4) is 0 Å². The van der Waals surface area contributed by atoms with Crippen molar-refractivity contribution in [1.29, 1.82) is 5.26 Å². The third-order valence-corrected chi connectivity index (χ3v) is 1.75. The standard InChI is InChI=1S/C7H7N3O/c8-1-2-10-5-9-6-3-11-4-7(6)10/h5H,2-4H2. The van der Waals surface area contributed by atoms with E-state index in [1.54, 1.807) is 6.33 Å². The molecule has 4 heteroatoms. The zero-order chi connectivity index (χ0) is 7.68. The van der Waals surface area contributed by atoms with E-state index in [2.05, 4.69) is 11.1 Å². The molecule has 2 rings (SSSR count). The first kappa shape index (κ1) is 6.38. The second-order valence-electron chi connectivity index (χ2n) is 2.42. The molecule has 0 bridgehead atoms. The third kappa shape index (κ3) is 0.900. The summed E-state index contributed by atoms with van der Waals surface area (Å²) in [5, 5.41) is 8.43. The van der Waals surface area contributed by atoms with Crippen molar-refractivity contribution in [2.45, 2.75) is 19.8 Å². The summed E-state index contributed by atoms with van der Waals surface area (Å²) in [6.07, 6.45) is 1.69. The monoisotopic (exact) mass is 149 g/mol. The molecule has 0 amide bonds. The van der Waals surface area contributed by atoms with E-state index in [0.29, 0.717) is 19.8 Å². The van der Waals surface area contributed by atoms with E-state index < -0.39 is 0 Å². The maximum absolute atomic E-state index is 8.43. The van der Waals surface area contributed by atoms with Crippen LogP contribution in [0.2, 0.25) is 0 Å². The molecule has 0 saturated heterocycles. The van der Waals surface area contributed by atoms with E-state index in [1.807, 2.05) is 4.57 Å². The number of hydrogen-bond acceptors (Lipinski definition) is 3. The van der Waals surface area contributed by atoms with Gasteiger partial charge in [0.2, 0.25) is 0 Å². The van der Waals surface area contributed by atoms with Crippen molar-refractivity contribution in [3.63, 3.8) is 0 Å². The third-order valence-electron chi connectivity index (χ3n) is 1.75. The first-order valence-corrected chi connectivity index (χ1v) is 3.39. The number of imidazole rings is 1. The van der Waals surface area contributed by atoms with Gasteiger partial charge in [-0.3, -0.25) is 0 Å². The number of ether oxygens (including phenoxy) is 1. The second-order valence-corrected chi connectivity index (χ2v) is 2.42. The molecule has 0 unspecified atom stereocenters. The lowest BCUT2D eigenvalue weighted by Gasteiger charge is -1.96. The molecule has 1 aromatic rings. The van der Waals surface area contributed by atoms with Crippen LogP contribution >= 0.6 is 0 Å². The first-order chi connectivity index (χ1) is 5.42. The van der Waals surface area contributed by atoms with Crippen molar-refractivity contribution in [3.8, 4) is 6.07 Å². The molecule has 11 heavy (non-hydrogen) atoms. The molecule has 0 aromatic carbocycles. The van der Waals surface area contributed by atoms with Crippen LogP contribution in [0.1, 0.15) is 11.4 Å². The van der Waals surface area contributed by atoms with E-state index in [9.17, 15) is 0 Å². The normalized spacial score (nSPS) is 14.5. The molecule has 0 saturated carbocycles. The SMILES string of the molecule is N#CCn1cnc2c1COC2. The predicted molar refractivity (Wildman–Crippen MR) is 36.3 cm³/mol. The van der Waals surface area contributed by atoms with Crippen LogP contribution in [0.15, 0.2) is 6.33 Å². The number of nitriles is 1. The van der Waals surface area contributed by atoms with Crippen LogP contribution in [-0.2, 0) is 24.5 Å². The molecule has 0 aliphatic carbocycles. The van der Waals surface area contributed by atoms with E-state index in [0.717, 1.165) is 11.4 Å². The summed E-state index contributed by atoms with van der Waals surface area (Å²) in [6.45, 7) is 1.55. The molecule has 56 valence electrons. The average molecular weight is 149 g/mol. The molecular formula is C7H7N3O. The maximum Gasteiger partial charge on any atom is 0.111 e. The Morgan fingerprint density at radius 3 is 3.45 bits per heavy atom. The van der Waals surface area contributed by atoms with Crippen molar-refractivity contribution in [2.75, 3.05) is 0 Å². The summed E-state index contributed by atoms with van der Waals surface area (Å²) in [4.78, 5) is 4.10. The van der Waals surface area contributed by atoms with Crippen LogP contribution in [0.5, 0.6) is 0 Å². The zero-order valence-electron chi connectivity index (χ0n) is 5.95. The van der Waals surface area contributed by atoms with Gasteiger partial charge in [-0.2, -0.15) is 5.26 Å². The fraction of sp³-hybridized carbons (Fsp3) is 0.429. The highest BCUT2D eigenvalue weighted by atomic mass is 16.5. The van der Waals surface area contributed by atoms with E-state index in [4.69, 9.17) is 10.00 Å². The van der Waals surface area contributed by atoms with Crippen molar-refractivity contribution in [3.05, 3.63) is 17.7 Å². The second kappa shape index (κ2) is 2.36. The Morgan fingerprint density at radius 1 is 1.73 bits per heavy atom. The van der Waals surface area contributed by atoms with Gasteiger partial charge >= 0.3 is 0 Å². The minimum atomic E-state index is 0.367. The minimum Gasteiger partial charge on any atom is -0.369 e. The lowest BCUT2D eigenvalue weighted by atomic mass is 10.4. The number of aromatic nitrogens is 2. The summed E-state index contributed by atoms with van der Waals surface area (Å²) in [5.41, 5.74) is 2.02. The number of rotatable bonds is 1. The summed E-state index contributed by atoms with van der Waals surface area (Å²) in [6, 6.07) is 2.07. The summed E-state index contributed by atoms with van der Waals surface area (Å²) in [7, 11) is 0. The van der Waals surface area contributed by atoms with Crippen molar-refractivity contribution < 1.29 is 4.74 Å². The zero-order valence-corrected chi connectivity index (χ0v) is 5.95. The Kier molecular flexibility index (Phi) is 1.37. The summed E-state index contributed by atoms with van der Waals surface area (Å²) in [5.74, 6) is 0. The average Bonchev–Trinajstić information content (AvgIpc) is 2.53. The van der Waals surface area contributed by atoms with Crippen LogP contribution in [0.25, 0.3) is 0 Å². The highest BCUT2D eigenvalue weighted by Gasteiger charge is 2.16. The van der Waals surface area contributed by atoms with Gasteiger partial charge in [-0.1, -0.05) is 0 Å².